The van der Waals surface area contributed by atoms with Gasteiger partial charge in [0.05, 0.1) is 18.2 Å². The number of anilines is 2. The number of hydrogen-bond donors (Lipinski definition) is 0. The van der Waals surface area contributed by atoms with Crippen molar-refractivity contribution in [3.8, 4) is 0 Å². The van der Waals surface area contributed by atoms with E-state index >= 15 is 0 Å². The maximum absolute atomic E-state index is 12.9. The average Bonchev–Trinajstić information content (AvgIpc) is 2.98. The maximum Gasteiger partial charge on any atom is 0.251 e. The molecule has 2 saturated heterocycles. The quantitative estimate of drug-likeness (QED) is 0.780. The summed E-state index contributed by atoms with van der Waals surface area (Å²) in [5.74, 6) is -0.279. The molecule has 0 spiro atoms. The molecule has 2 heterocycles. The summed E-state index contributed by atoms with van der Waals surface area (Å²) in [6.07, 6.45) is 0.243. The Morgan fingerprint density at radius 1 is 0.808 bits per heavy atom. The monoisotopic (exact) mass is 369 g/mol. The van der Waals surface area contributed by atoms with Crippen molar-refractivity contribution in [3.63, 3.8) is 0 Å². The van der Waals surface area contributed by atoms with Crippen molar-refractivity contribution in [2.75, 3.05) is 36.0 Å². The molecule has 0 unspecified atom stereocenters. The van der Waals surface area contributed by atoms with Gasteiger partial charge in [-0.1, -0.05) is 29.8 Å². The molecule has 5 nitrogen and oxygen atoms in total. The van der Waals surface area contributed by atoms with Gasteiger partial charge in [0, 0.05) is 36.9 Å². The minimum absolute atomic E-state index is 0.134. The number of rotatable bonds is 3. The second-order valence-corrected chi connectivity index (χ2v) is 7.06. The van der Waals surface area contributed by atoms with E-state index in [0.29, 0.717) is 10.7 Å². The van der Waals surface area contributed by atoms with Crippen LogP contribution in [0.1, 0.15) is 6.42 Å². The largest absolute Gasteiger partial charge is 0.369 e. The molecule has 0 aromatic heterocycles. The van der Waals surface area contributed by atoms with E-state index in [2.05, 4.69) is 21.9 Å². The second-order valence-electron chi connectivity index (χ2n) is 6.62. The van der Waals surface area contributed by atoms with Crippen LogP contribution in [-0.4, -0.2) is 48.9 Å². The van der Waals surface area contributed by atoms with Crippen LogP contribution in [0.15, 0.2) is 54.6 Å². The van der Waals surface area contributed by atoms with Crippen LogP contribution in [0.5, 0.6) is 0 Å². The molecule has 0 N–H and O–H groups in total. The van der Waals surface area contributed by atoms with Gasteiger partial charge < -0.3 is 4.90 Å². The summed E-state index contributed by atoms with van der Waals surface area (Å²) >= 11 is 5.90. The summed E-state index contributed by atoms with van der Waals surface area (Å²) in [5.41, 5.74) is 1.79. The number of carbonyl (C=O) groups excluding carboxylic acids is 2. The van der Waals surface area contributed by atoms with Gasteiger partial charge in [-0.2, -0.15) is 0 Å². The van der Waals surface area contributed by atoms with Crippen LogP contribution in [-0.2, 0) is 9.59 Å². The van der Waals surface area contributed by atoms with E-state index in [9.17, 15) is 9.59 Å². The molecule has 2 aromatic rings. The van der Waals surface area contributed by atoms with Crippen molar-refractivity contribution in [2.24, 2.45) is 0 Å². The number of hydrogen-bond acceptors (Lipinski definition) is 4. The van der Waals surface area contributed by atoms with Crippen LogP contribution in [0.3, 0.4) is 0 Å². The summed E-state index contributed by atoms with van der Waals surface area (Å²) < 4.78 is 0. The molecule has 6 heteroatoms. The van der Waals surface area contributed by atoms with Gasteiger partial charge in [-0.05, 0) is 36.4 Å². The highest BCUT2D eigenvalue weighted by molar-refractivity contribution is 6.30. The molecule has 0 saturated carbocycles. The van der Waals surface area contributed by atoms with Crippen molar-refractivity contribution >= 4 is 34.8 Å². The standard InChI is InChI=1S/C20H20ClN3O2/c21-15-6-8-17(9-7-15)24-19(25)14-18(20(24)26)23-12-10-22(11-13-23)16-4-2-1-3-5-16/h1-9,18H,10-14H2/t18-/m1/s1. The molecule has 2 aromatic carbocycles. The van der Waals surface area contributed by atoms with Gasteiger partial charge in [0.2, 0.25) is 5.91 Å². The first kappa shape index (κ1) is 17.1. The number of nitrogens with zero attached hydrogens (tertiary/aromatic N) is 3. The van der Waals surface area contributed by atoms with Crippen LogP contribution < -0.4 is 9.80 Å². The van der Waals surface area contributed by atoms with E-state index in [4.69, 9.17) is 11.6 Å². The van der Waals surface area contributed by atoms with E-state index < -0.39 is 0 Å². The molecule has 2 aliphatic heterocycles. The third-order valence-electron chi connectivity index (χ3n) is 5.08. The van der Waals surface area contributed by atoms with Crippen molar-refractivity contribution in [1.82, 2.24) is 4.90 Å². The summed E-state index contributed by atoms with van der Waals surface area (Å²) in [5, 5.41) is 0.585. The summed E-state index contributed by atoms with van der Waals surface area (Å²) in [4.78, 5) is 31.1. The average molecular weight is 370 g/mol. The zero-order valence-corrected chi connectivity index (χ0v) is 15.1. The molecule has 0 aliphatic carbocycles. The van der Waals surface area contributed by atoms with Gasteiger partial charge >= 0.3 is 0 Å². The second kappa shape index (κ2) is 7.09. The minimum Gasteiger partial charge on any atom is -0.369 e. The molecule has 2 fully saturated rings. The molecule has 0 bridgehead atoms. The first-order valence-electron chi connectivity index (χ1n) is 8.80. The molecular weight excluding hydrogens is 350 g/mol. The van der Waals surface area contributed by atoms with E-state index in [1.807, 2.05) is 18.2 Å². The normalized spacial score (nSPS) is 21.5. The highest BCUT2D eigenvalue weighted by Gasteiger charge is 2.43. The van der Waals surface area contributed by atoms with Gasteiger partial charge in [0.1, 0.15) is 0 Å². The van der Waals surface area contributed by atoms with Crippen molar-refractivity contribution in [2.45, 2.75) is 12.5 Å². The van der Waals surface area contributed by atoms with Crippen LogP contribution in [0.2, 0.25) is 5.02 Å². The molecule has 2 amide bonds. The Labute approximate surface area is 157 Å². The predicted molar refractivity (Wildman–Crippen MR) is 103 cm³/mol. The SMILES string of the molecule is O=C1C[C@@H](N2CCN(c3ccccc3)CC2)C(=O)N1c1ccc(Cl)cc1. The van der Waals surface area contributed by atoms with Crippen LogP contribution in [0.25, 0.3) is 0 Å². The third-order valence-corrected chi connectivity index (χ3v) is 5.34. The van der Waals surface area contributed by atoms with Crippen LogP contribution in [0.4, 0.5) is 11.4 Å². The Bertz CT molecular complexity index is 802. The van der Waals surface area contributed by atoms with Crippen molar-refractivity contribution < 1.29 is 9.59 Å². The number of halogens is 1. The first-order chi connectivity index (χ1) is 12.6. The first-order valence-corrected chi connectivity index (χ1v) is 9.18. The smallest absolute Gasteiger partial charge is 0.251 e. The molecule has 2 aliphatic rings. The number of piperazine rings is 1. The predicted octanol–water partition coefficient (Wildman–Crippen LogP) is 2.79. The molecule has 134 valence electrons. The Morgan fingerprint density at radius 3 is 2.12 bits per heavy atom. The van der Waals surface area contributed by atoms with Crippen molar-refractivity contribution in [3.05, 3.63) is 59.6 Å². The van der Waals surface area contributed by atoms with Crippen molar-refractivity contribution in [1.29, 1.82) is 0 Å². The highest BCUT2D eigenvalue weighted by atomic mass is 35.5. The fourth-order valence-electron chi connectivity index (χ4n) is 3.69. The fraction of sp³-hybridized carbons (Fsp3) is 0.300. The topological polar surface area (TPSA) is 43.9 Å². The molecule has 4 rings (SSSR count). The van der Waals surface area contributed by atoms with Crippen LogP contribution in [0, 0.1) is 0 Å². The number of amides is 2. The zero-order chi connectivity index (χ0) is 18.1. The lowest BCUT2D eigenvalue weighted by Crippen LogP contribution is -2.52. The number of benzene rings is 2. The number of imide groups is 1. The highest BCUT2D eigenvalue weighted by Crippen LogP contribution is 2.28. The Balaban J connectivity index is 1.44. The van der Waals surface area contributed by atoms with Gasteiger partial charge in [0.25, 0.3) is 5.91 Å². The van der Waals surface area contributed by atoms with Gasteiger partial charge in [-0.25, -0.2) is 4.90 Å². The number of para-hydroxylation sites is 1. The van der Waals surface area contributed by atoms with E-state index in [1.165, 1.54) is 10.6 Å². The lowest BCUT2D eigenvalue weighted by Gasteiger charge is -2.38. The Hall–Kier alpha value is -2.37. The molecule has 1 atom stereocenters. The lowest BCUT2D eigenvalue weighted by atomic mass is 10.1. The van der Waals surface area contributed by atoms with Gasteiger partial charge in [-0.3, -0.25) is 14.5 Å². The molecular formula is C20H20ClN3O2. The van der Waals surface area contributed by atoms with Gasteiger partial charge in [0.15, 0.2) is 0 Å². The Kier molecular flexibility index (Phi) is 4.66. The zero-order valence-electron chi connectivity index (χ0n) is 14.3. The Morgan fingerprint density at radius 2 is 1.46 bits per heavy atom. The van der Waals surface area contributed by atoms with E-state index in [0.717, 1.165) is 26.2 Å². The third kappa shape index (κ3) is 3.20. The van der Waals surface area contributed by atoms with E-state index in [-0.39, 0.29) is 24.3 Å². The van der Waals surface area contributed by atoms with Gasteiger partial charge in [-0.15, -0.1) is 0 Å². The maximum atomic E-state index is 12.9. The summed E-state index contributed by atoms with van der Waals surface area (Å²) in [7, 11) is 0. The fourth-order valence-corrected chi connectivity index (χ4v) is 3.82. The lowest BCUT2D eigenvalue weighted by molar-refractivity contribution is -0.123. The minimum atomic E-state index is -0.365. The summed E-state index contributed by atoms with van der Waals surface area (Å²) in [6.45, 7) is 3.24. The van der Waals surface area contributed by atoms with Crippen LogP contribution >= 0.6 is 11.6 Å². The summed E-state index contributed by atoms with van der Waals surface area (Å²) in [6, 6.07) is 16.7. The molecule has 26 heavy (non-hydrogen) atoms. The van der Waals surface area contributed by atoms with E-state index in [1.54, 1.807) is 24.3 Å². The molecule has 0 radical (unpaired) electrons. The number of carbonyl (C=O) groups is 2.